The number of dihydropyridines is 2. The zero-order valence-electron chi connectivity index (χ0n) is 51.7. The number of benzene rings is 1. The third kappa shape index (κ3) is 10.1. The summed E-state index contributed by atoms with van der Waals surface area (Å²) in [5, 5.41) is 38.4. The molecular weight excluding hydrogens is 1070 g/mol. The summed E-state index contributed by atoms with van der Waals surface area (Å²) in [6.07, 6.45) is 36.2. The smallest absolute Gasteiger partial charge is 0.350 e. The first-order valence-electron chi connectivity index (χ1n) is 33.8. The molecule has 14 rings (SSSR count). The number of hydrogen-bond donors (Lipinski definition) is 9. The first-order chi connectivity index (χ1) is 41.7. The van der Waals surface area contributed by atoms with Crippen molar-refractivity contribution in [1.29, 1.82) is 0 Å². The standard InChI is InChI=1S/C71H97N9O6/c1-42(35-68(27-12-29-76-66(74-4)80-68)56-25-30-75-64-51(56)22-23-58(73-3)79-64)24-28-70-61(82)52-19-11-18-49-37-67(2)26-9-8-15-45-16-10-17-48-38-69(78-41-43-13-6-5-7-14-43)39-55-46(20-21-47-31-44(36-67)40-77-63(47)72)32-50(81)33-54(55)60(57(69)34-53(45)48)85-65(84)71(70,86-70)62(83)59(49)52/h10-11,17-19,24-25,31,38,40,43,45-46,50,53-55,57-58,60,63,73,75,77-79,81H,5-9,12-16,20-23,26-30,32-37,39,41,72H2,1-4H3,(H2,74,76,80). The first kappa shape index (κ1) is 58.4. The molecule has 462 valence electrons. The number of epoxide rings is 1. The summed E-state index contributed by atoms with van der Waals surface area (Å²) < 4.78 is 14.5. The zero-order chi connectivity index (χ0) is 59.2. The number of hydrogen-bond acceptors (Lipinski definition) is 13. The molecule has 10 N–H and O–H groups in total. The van der Waals surface area contributed by atoms with E-state index < -0.39 is 46.2 Å². The van der Waals surface area contributed by atoms with Crippen molar-refractivity contribution in [2.24, 2.45) is 57.6 Å². The lowest BCUT2D eigenvalue weighted by molar-refractivity contribution is -0.180. The first-order valence-corrected chi connectivity index (χ1v) is 33.8. The summed E-state index contributed by atoms with van der Waals surface area (Å²) in [6.45, 7) is 6.81. The average Bonchev–Trinajstić information content (AvgIpc) is 1.48. The molecule has 3 saturated carbocycles. The highest BCUT2D eigenvalue weighted by molar-refractivity contribution is 6.33. The topological polar surface area (TPSA) is 216 Å². The van der Waals surface area contributed by atoms with Gasteiger partial charge in [-0.1, -0.05) is 99.3 Å². The number of carbonyl (C=O) groups is 3. The number of ketones is 2. The number of aliphatic imine (C=N–C) groups is 1. The Hall–Kier alpha value is -5.32. The van der Waals surface area contributed by atoms with Crippen molar-refractivity contribution in [3.8, 4) is 0 Å². The number of guanidine groups is 1. The minimum Gasteiger partial charge on any atom is -0.459 e. The number of ether oxygens (including phenoxy) is 2. The quantitative estimate of drug-likeness (QED) is 0.0489. The van der Waals surface area contributed by atoms with Crippen molar-refractivity contribution in [2.75, 3.05) is 33.7 Å². The minimum atomic E-state index is -2.20. The largest absolute Gasteiger partial charge is 0.459 e. The SMILES string of the molecule is CN=C1NCCCC(CC(C)=CCC23OC24C(=O)OC2C5CC(O)CC6CCC7=CC(=CNC7N)CC(C)(CCCCC7CC=CC8=CC(NCC9CCCCC9)(CC65)C2CC87)Cc2cccc(c2C4=O)C3=O)(C2=CCNC3=C2CCC(NC)N3)N1. The van der Waals surface area contributed by atoms with Gasteiger partial charge in [-0.15, -0.1) is 0 Å². The predicted molar refractivity (Wildman–Crippen MR) is 335 cm³/mol. The number of nitrogens with zero attached hydrogens (tertiary/aromatic N) is 1. The summed E-state index contributed by atoms with van der Waals surface area (Å²) >= 11 is 0. The number of nitrogens with one attached hydrogen (secondary N) is 7. The van der Waals surface area contributed by atoms with E-state index in [0.717, 1.165) is 126 Å². The van der Waals surface area contributed by atoms with Crippen LogP contribution in [0.25, 0.3) is 0 Å². The van der Waals surface area contributed by atoms with Crippen LogP contribution in [0.3, 0.4) is 0 Å². The normalized spacial score (nSPS) is 40.8. The van der Waals surface area contributed by atoms with Gasteiger partial charge in [0.15, 0.2) is 17.3 Å². The Morgan fingerprint density at radius 3 is 2.65 bits per heavy atom. The maximum Gasteiger partial charge on any atom is 0.350 e. The van der Waals surface area contributed by atoms with Crippen LogP contribution in [0.15, 0.2) is 105 Å². The van der Waals surface area contributed by atoms with Crippen LogP contribution in [0.5, 0.6) is 0 Å². The molecule has 1 spiro atoms. The fraction of sp³-hybridized carbons (Fsp3) is 0.662. The molecule has 6 aliphatic carbocycles. The van der Waals surface area contributed by atoms with Gasteiger partial charge in [0.1, 0.15) is 11.9 Å². The molecule has 1 aromatic rings. The summed E-state index contributed by atoms with van der Waals surface area (Å²) in [5.41, 5.74) is 10.2. The van der Waals surface area contributed by atoms with Crippen molar-refractivity contribution in [2.45, 2.75) is 215 Å². The van der Waals surface area contributed by atoms with Gasteiger partial charge in [-0.05, 0) is 205 Å². The van der Waals surface area contributed by atoms with E-state index in [2.05, 4.69) is 98.7 Å². The zero-order valence-corrected chi connectivity index (χ0v) is 51.7. The second-order valence-corrected chi connectivity index (χ2v) is 29.5. The number of fused-ring (bicyclic) bond motifs is 3. The lowest BCUT2D eigenvalue weighted by Crippen LogP contribution is -2.67. The molecule has 5 fully saturated rings. The Balaban J connectivity index is 0.910. The van der Waals surface area contributed by atoms with E-state index >= 15 is 14.4 Å². The second-order valence-electron chi connectivity index (χ2n) is 29.5. The number of carbonyl (C=O) groups excluding carboxylic acids is 3. The van der Waals surface area contributed by atoms with Crippen LogP contribution in [0, 0.1) is 46.8 Å². The summed E-state index contributed by atoms with van der Waals surface area (Å²) in [5.74, 6) is 1.43. The molecule has 7 aliphatic heterocycles. The van der Waals surface area contributed by atoms with Crippen LogP contribution in [-0.4, -0.2) is 109 Å². The van der Waals surface area contributed by atoms with E-state index in [9.17, 15) is 5.11 Å². The number of allylic oxidation sites excluding steroid dienone is 5. The third-order valence-corrected chi connectivity index (χ3v) is 24.1. The minimum absolute atomic E-state index is 0.0247. The average molecular weight is 1170 g/mol. The van der Waals surface area contributed by atoms with Gasteiger partial charge >= 0.3 is 5.97 Å². The number of aliphatic hydroxyl groups excluding tert-OH is 1. The van der Waals surface area contributed by atoms with Crippen LogP contribution in [0.1, 0.15) is 188 Å². The second kappa shape index (κ2) is 22.9. The Bertz CT molecular complexity index is 3150. The van der Waals surface area contributed by atoms with Gasteiger partial charge < -0.3 is 57.5 Å². The molecule has 7 heterocycles. The van der Waals surface area contributed by atoms with E-state index in [0.29, 0.717) is 55.2 Å². The highest BCUT2D eigenvalue weighted by Gasteiger charge is 2.86. The van der Waals surface area contributed by atoms with Gasteiger partial charge in [0.2, 0.25) is 5.78 Å². The molecule has 15 unspecified atom stereocenters. The fourth-order valence-electron chi connectivity index (χ4n) is 19.8. The number of nitrogens with two attached hydrogens (primary N) is 1. The van der Waals surface area contributed by atoms with Gasteiger partial charge in [0.05, 0.1) is 24.0 Å². The van der Waals surface area contributed by atoms with E-state index in [-0.39, 0.29) is 59.5 Å². The van der Waals surface area contributed by atoms with Crippen LogP contribution >= 0.6 is 0 Å². The Kier molecular flexibility index (Phi) is 15.6. The number of esters is 1. The molecule has 1 aromatic carbocycles. The van der Waals surface area contributed by atoms with Gasteiger partial charge in [0.25, 0.3) is 5.60 Å². The van der Waals surface area contributed by atoms with Crippen LogP contribution < -0.4 is 43.0 Å². The third-order valence-electron chi connectivity index (χ3n) is 24.1. The predicted octanol–water partition coefficient (Wildman–Crippen LogP) is 9.04. The molecule has 13 aliphatic rings. The van der Waals surface area contributed by atoms with E-state index in [1.54, 1.807) is 6.07 Å². The summed E-state index contributed by atoms with van der Waals surface area (Å²) in [4.78, 5) is 54.1. The molecule has 15 nitrogen and oxygen atoms in total. The van der Waals surface area contributed by atoms with Gasteiger partial charge in [0, 0.05) is 61.3 Å². The van der Waals surface area contributed by atoms with Crippen molar-refractivity contribution < 1.29 is 29.0 Å². The molecule has 0 aromatic heterocycles. The number of rotatable bonds is 9. The van der Waals surface area contributed by atoms with Crippen molar-refractivity contribution in [1.82, 2.24) is 37.2 Å². The summed E-state index contributed by atoms with van der Waals surface area (Å²) in [6, 6.07) is 5.74. The Labute approximate surface area is 510 Å². The molecule has 0 radical (unpaired) electrons. The van der Waals surface area contributed by atoms with E-state index in [4.69, 9.17) is 15.2 Å². The molecule has 11 bridgehead atoms. The Morgan fingerprint density at radius 2 is 1.80 bits per heavy atom. The molecule has 86 heavy (non-hydrogen) atoms. The van der Waals surface area contributed by atoms with Crippen molar-refractivity contribution in [3.05, 3.63) is 117 Å². The highest BCUT2D eigenvalue weighted by Crippen LogP contribution is 2.63. The lowest BCUT2D eigenvalue weighted by atomic mass is 9.50. The molecule has 15 atom stereocenters. The van der Waals surface area contributed by atoms with Crippen LogP contribution in [-0.2, 0) is 20.7 Å². The fourth-order valence-corrected chi connectivity index (χ4v) is 19.8. The van der Waals surface area contributed by atoms with Gasteiger partial charge in [-0.2, -0.15) is 0 Å². The molecular formula is C71H97N9O6. The lowest BCUT2D eigenvalue weighted by Gasteiger charge is -2.60. The molecule has 15 heteroatoms. The monoisotopic (exact) mass is 1170 g/mol. The van der Waals surface area contributed by atoms with Crippen molar-refractivity contribution in [3.63, 3.8) is 0 Å². The highest BCUT2D eigenvalue weighted by atomic mass is 16.7. The maximum absolute atomic E-state index is 16.7. The van der Waals surface area contributed by atoms with Crippen LogP contribution in [0.4, 0.5) is 0 Å². The van der Waals surface area contributed by atoms with E-state index in [1.807, 2.05) is 26.2 Å². The molecule has 2 saturated heterocycles. The molecule has 0 amide bonds. The van der Waals surface area contributed by atoms with Crippen molar-refractivity contribution >= 4 is 23.5 Å². The number of Topliss-reactive ketones (excluding diaryl/α,β-unsaturated/α-hetero) is 2. The van der Waals surface area contributed by atoms with Gasteiger partial charge in [-0.3, -0.25) is 14.6 Å². The van der Waals surface area contributed by atoms with Crippen LogP contribution in [0.2, 0.25) is 0 Å². The van der Waals surface area contributed by atoms with E-state index in [1.165, 1.54) is 60.0 Å². The maximum atomic E-state index is 16.7. The number of aliphatic hydroxyl groups is 1. The Morgan fingerprint density at radius 1 is 0.942 bits per heavy atom. The summed E-state index contributed by atoms with van der Waals surface area (Å²) in [7, 11) is 3.81. The van der Waals surface area contributed by atoms with Gasteiger partial charge in [-0.25, -0.2) is 4.79 Å².